The van der Waals surface area contributed by atoms with E-state index in [1.54, 1.807) is 25.3 Å². The molecule has 2 aliphatic rings. The van der Waals surface area contributed by atoms with Crippen molar-refractivity contribution >= 4 is 5.78 Å². The fourth-order valence-corrected chi connectivity index (χ4v) is 3.31. The number of ketones is 1. The van der Waals surface area contributed by atoms with E-state index in [9.17, 15) is 9.90 Å². The summed E-state index contributed by atoms with van der Waals surface area (Å²) in [5.41, 5.74) is 0.639. The van der Waals surface area contributed by atoms with Gasteiger partial charge in [0.1, 0.15) is 17.2 Å². The van der Waals surface area contributed by atoms with Crippen molar-refractivity contribution in [3.05, 3.63) is 35.1 Å². The topological polar surface area (TPSA) is 92.8 Å². The molecule has 0 saturated carbocycles. The molecule has 2 aromatic rings. The van der Waals surface area contributed by atoms with Gasteiger partial charge in [-0.05, 0) is 18.9 Å². The number of aliphatic hydroxyl groups is 2. The molecule has 0 fully saturated rings. The second-order valence-electron chi connectivity index (χ2n) is 5.26. The number of fused-ring (bicyclic) bond motifs is 2. The molecule has 6 nitrogen and oxygen atoms in total. The summed E-state index contributed by atoms with van der Waals surface area (Å²) in [4.78, 5) is 12.7. The molecule has 1 aromatic carbocycles. The molecule has 0 spiro atoms. The molecule has 0 aliphatic heterocycles. The molecular weight excluding hydrogens is 310 g/mol. The van der Waals surface area contributed by atoms with Crippen LogP contribution in [0, 0.1) is 0 Å². The number of hydrogen-bond acceptors (Lipinski definition) is 6. The van der Waals surface area contributed by atoms with E-state index < -0.39 is 5.60 Å². The van der Waals surface area contributed by atoms with E-state index in [-0.39, 0.29) is 5.78 Å². The molecular formula is C18H23NO5. The molecule has 0 radical (unpaired) electrons. The van der Waals surface area contributed by atoms with Crippen LogP contribution >= 0.6 is 0 Å². The van der Waals surface area contributed by atoms with Crippen LogP contribution < -0.4 is 4.74 Å². The van der Waals surface area contributed by atoms with Crippen molar-refractivity contribution in [1.82, 2.24) is 5.16 Å². The first kappa shape index (κ1) is 18.2. The van der Waals surface area contributed by atoms with Crippen LogP contribution in [0.4, 0.5) is 0 Å². The number of ether oxygens (including phenoxy) is 1. The fraction of sp³-hybridized carbons (Fsp3) is 0.444. The first-order valence-corrected chi connectivity index (χ1v) is 8.05. The van der Waals surface area contributed by atoms with Gasteiger partial charge in [0.2, 0.25) is 0 Å². The monoisotopic (exact) mass is 333 g/mol. The average molecular weight is 333 g/mol. The fourth-order valence-electron chi connectivity index (χ4n) is 3.31. The molecule has 0 bridgehead atoms. The van der Waals surface area contributed by atoms with E-state index in [0.717, 1.165) is 7.11 Å². The number of aryl methyl sites for hydroxylation is 1. The molecule has 1 aromatic heterocycles. The summed E-state index contributed by atoms with van der Waals surface area (Å²) in [5, 5.41) is 21.9. The number of aliphatic hydroxyl groups excluding tert-OH is 1. The minimum atomic E-state index is -1.50. The van der Waals surface area contributed by atoms with Crippen molar-refractivity contribution in [1.29, 1.82) is 0 Å². The van der Waals surface area contributed by atoms with Crippen LogP contribution in [0.25, 0.3) is 11.3 Å². The molecule has 2 aliphatic carbocycles. The molecule has 0 saturated heterocycles. The van der Waals surface area contributed by atoms with E-state index in [1.165, 1.54) is 0 Å². The second-order valence-corrected chi connectivity index (χ2v) is 5.26. The lowest BCUT2D eigenvalue weighted by molar-refractivity contribution is 0.0186. The van der Waals surface area contributed by atoms with Gasteiger partial charge in [0.15, 0.2) is 11.4 Å². The average Bonchev–Trinajstić information content (AvgIpc) is 3.08. The number of methoxy groups -OCH3 is 1. The summed E-state index contributed by atoms with van der Waals surface area (Å²) in [7, 11) is 2.55. The Morgan fingerprint density at radius 3 is 2.67 bits per heavy atom. The highest BCUT2D eigenvalue weighted by Crippen LogP contribution is 2.50. The third kappa shape index (κ3) is 2.42. The van der Waals surface area contributed by atoms with E-state index in [0.29, 0.717) is 53.2 Å². The highest BCUT2D eigenvalue weighted by atomic mass is 16.5. The lowest BCUT2D eigenvalue weighted by Crippen LogP contribution is -2.41. The Hall–Kier alpha value is -2.18. The quantitative estimate of drug-likeness (QED) is 0.833. The Labute approximate surface area is 141 Å². The maximum Gasteiger partial charge on any atom is 0.199 e. The zero-order valence-corrected chi connectivity index (χ0v) is 14.4. The van der Waals surface area contributed by atoms with Gasteiger partial charge < -0.3 is 19.5 Å². The second kappa shape index (κ2) is 7.15. The summed E-state index contributed by atoms with van der Waals surface area (Å²) in [6.07, 6.45) is 1.81. The molecule has 1 heterocycles. The van der Waals surface area contributed by atoms with Crippen LogP contribution in [0.2, 0.25) is 0 Å². The predicted molar refractivity (Wildman–Crippen MR) is 89.1 cm³/mol. The number of carbonyl (C=O) groups excluding carboxylic acids is 1. The molecule has 2 N–H and O–H groups in total. The first-order valence-electron chi connectivity index (χ1n) is 8.05. The van der Waals surface area contributed by atoms with Crippen LogP contribution in [-0.4, -0.2) is 35.4 Å². The van der Waals surface area contributed by atoms with Crippen LogP contribution in [0.15, 0.2) is 22.7 Å². The molecule has 130 valence electrons. The third-order valence-electron chi connectivity index (χ3n) is 4.22. The van der Waals surface area contributed by atoms with Gasteiger partial charge in [-0.15, -0.1) is 0 Å². The van der Waals surface area contributed by atoms with Gasteiger partial charge in [-0.2, -0.15) is 0 Å². The molecule has 6 heteroatoms. The summed E-state index contributed by atoms with van der Waals surface area (Å²) in [6.45, 7) is 4.00. The molecule has 1 unspecified atom stereocenters. The van der Waals surface area contributed by atoms with E-state index in [4.69, 9.17) is 14.4 Å². The van der Waals surface area contributed by atoms with Crippen molar-refractivity contribution in [3.8, 4) is 17.0 Å². The van der Waals surface area contributed by atoms with Crippen molar-refractivity contribution in [3.63, 3.8) is 0 Å². The Morgan fingerprint density at radius 1 is 1.29 bits per heavy atom. The van der Waals surface area contributed by atoms with Gasteiger partial charge in [0, 0.05) is 19.1 Å². The maximum absolute atomic E-state index is 12.7. The lowest BCUT2D eigenvalue weighted by Gasteiger charge is -2.34. The summed E-state index contributed by atoms with van der Waals surface area (Å²) in [5.74, 6) is 0.890. The lowest BCUT2D eigenvalue weighted by atomic mass is 9.71. The van der Waals surface area contributed by atoms with Gasteiger partial charge in [-0.1, -0.05) is 31.1 Å². The van der Waals surface area contributed by atoms with Gasteiger partial charge in [-0.3, -0.25) is 4.79 Å². The minimum Gasteiger partial charge on any atom is -0.496 e. The Balaban J connectivity index is 0.000000487. The number of aromatic nitrogens is 1. The van der Waals surface area contributed by atoms with Gasteiger partial charge in [0.25, 0.3) is 0 Å². The van der Waals surface area contributed by atoms with Crippen molar-refractivity contribution in [2.75, 3.05) is 14.2 Å². The van der Waals surface area contributed by atoms with Gasteiger partial charge in [-0.25, -0.2) is 0 Å². The SMILES string of the molecule is CC.CO.COc1cccc2c1-c1noc3c1C(O)(CCC3)C2=O. The summed E-state index contributed by atoms with van der Waals surface area (Å²) < 4.78 is 10.7. The van der Waals surface area contributed by atoms with E-state index >= 15 is 0 Å². The highest BCUT2D eigenvalue weighted by molar-refractivity contribution is 6.12. The number of rotatable bonds is 1. The van der Waals surface area contributed by atoms with Crippen LogP contribution in [-0.2, 0) is 12.0 Å². The van der Waals surface area contributed by atoms with Crippen molar-refractivity contribution in [2.24, 2.45) is 0 Å². The zero-order valence-electron chi connectivity index (χ0n) is 14.4. The largest absolute Gasteiger partial charge is 0.496 e. The number of Topliss-reactive ketones (excluding diaryl/α,β-unsaturated/α-hetero) is 1. The van der Waals surface area contributed by atoms with Crippen molar-refractivity contribution in [2.45, 2.75) is 38.7 Å². The van der Waals surface area contributed by atoms with Gasteiger partial charge in [0.05, 0.1) is 18.2 Å². The maximum atomic E-state index is 12.7. The highest BCUT2D eigenvalue weighted by Gasteiger charge is 2.51. The Bertz CT molecular complexity index is 737. The van der Waals surface area contributed by atoms with Crippen LogP contribution in [0.3, 0.4) is 0 Å². The predicted octanol–water partition coefficient (Wildman–Crippen LogP) is 2.71. The Morgan fingerprint density at radius 2 is 2.00 bits per heavy atom. The number of hydrogen-bond donors (Lipinski definition) is 2. The standard InChI is InChI=1S/C15H13NO4.C2H6.CH4O/c1-19-9-5-2-4-8-11(9)13-12-10(20-16-13)6-3-7-15(12,18)14(8)17;2*1-2/h2,4-5,18H,3,6-7H2,1H3;1-2H3;2H,1H3. The van der Waals surface area contributed by atoms with Gasteiger partial charge >= 0.3 is 0 Å². The smallest absolute Gasteiger partial charge is 0.199 e. The number of benzene rings is 1. The molecule has 24 heavy (non-hydrogen) atoms. The summed E-state index contributed by atoms with van der Waals surface area (Å²) in [6, 6.07) is 5.22. The zero-order chi connectivity index (χ0) is 17.9. The number of carbonyl (C=O) groups is 1. The summed E-state index contributed by atoms with van der Waals surface area (Å²) >= 11 is 0. The van der Waals surface area contributed by atoms with E-state index in [2.05, 4.69) is 5.16 Å². The normalized spacial score (nSPS) is 19.8. The Kier molecular flexibility index (Phi) is 5.41. The van der Waals surface area contributed by atoms with Crippen LogP contribution in [0.5, 0.6) is 5.75 Å². The third-order valence-corrected chi connectivity index (χ3v) is 4.22. The minimum absolute atomic E-state index is 0.289. The first-order chi connectivity index (χ1) is 11.7. The van der Waals surface area contributed by atoms with Crippen molar-refractivity contribution < 1.29 is 24.3 Å². The van der Waals surface area contributed by atoms with Crippen LogP contribution in [0.1, 0.15) is 48.4 Å². The molecule has 1 atom stereocenters. The molecule has 0 amide bonds. The van der Waals surface area contributed by atoms with E-state index in [1.807, 2.05) is 13.8 Å². The molecule has 4 rings (SSSR count). The number of nitrogens with zero attached hydrogens (tertiary/aromatic N) is 1.